The van der Waals surface area contributed by atoms with Gasteiger partial charge >= 0.3 is 5.97 Å². The largest absolute Gasteiger partial charge is 0.454 e. The van der Waals surface area contributed by atoms with Gasteiger partial charge in [-0.3, -0.25) is 0 Å². The Morgan fingerprint density at radius 2 is 2.04 bits per heavy atom. The molecule has 26 heavy (non-hydrogen) atoms. The zero-order valence-electron chi connectivity index (χ0n) is 14.7. The maximum absolute atomic E-state index is 12.7. The van der Waals surface area contributed by atoms with Gasteiger partial charge in [-0.2, -0.15) is 0 Å². The maximum Gasteiger partial charge on any atom is 0.347 e. The lowest BCUT2D eigenvalue weighted by atomic mass is 10.1. The standard InChI is InChI=1S/C20H20N2O4/c1-22(2)10-9-13-11-21-15-6-4-7-16(18(13)15)26-20(23)14-5-3-8-17-19(14)25-12-24-17/h3-8,11,21H,9-10,12H2,1-2H3. The van der Waals surface area contributed by atoms with Gasteiger partial charge in [0.1, 0.15) is 11.3 Å². The molecule has 6 heteroatoms. The van der Waals surface area contributed by atoms with E-state index in [4.69, 9.17) is 14.2 Å². The first-order valence-corrected chi connectivity index (χ1v) is 8.48. The van der Waals surface area contributed by atoms with Crippen LogP contribution in [-0.4, -0.2) is 43.3 Å². The number of carbonyl (C=O) groups is 1. The average Bonchev–Trinajstić information content (AvgIpc) is 3.26. The third kappa shape index (κ3) is 2.99. The van der Waals surface area contributed by atoms with Crippen molar-refractivity contribution in [2.75, 3.05) is 27.4 Å². The van der Waals surface area contributed by atoms with E-state index in [1.165, 1.54) is 0 Å². The van der Waals surface area contributed by atoms with E-state index in [0.29, 0.717) is 22.8 Å². The molecule has 0 atom stereocenters. The number of hydrogen-bond acceptors (Lipinski definition) is 5. The second-order valence-electron chi connectivity index (χ2n) is 6.47. The van der Waals surface area contributed by atoms with Gasteiger partial charge in [0.25, 0.3) is 0 Å². The normalized spacial score (nSPS) is 12.7. The maximum atomic E-state index is 12.7. The number of ether oxygens (including phenoxy) is 3. The van der Waals surface area contributed by atoms with Crippen LogP contribution in [0.2, 0.25) is 0 Å². The number of rotatable bonds is 5. The molecule has 0 spiro atoms. The third-order valence-corrected chi connectivity index (χ3v) is 4.40. The summed E-state index contributed by atoms with van der Waals surface area (Å²) in [5.41, 5.74) is 2.43. The van der Waals surface area contributed by atoms with Gasteiger partial charge in [-0.05, 0) is 50.3 Å². The van der Waals surface area contributed by atoms with Gasteiger partial charge in [-0.1, -0.05) is 12.1 Å². The van der Waals surface area contributed by atoms with E-state index < -0.39 is 5.97 Å². The molecule has 3 aromatic rings. The molecule has 0 fully saturated rings. The Morgan fingerprint density at radius 3 is 2.88 bits per heavy atom. The molecule has 0 amide bonds. The van der Waals surface area contributed by atoms with Gasteiger partial charge in [0.15, 0.2) is 11.5 Å². The van der Waals surface area contributed by atoms with Crippen LogP contribution in [0, 0.1) is 0 Å². The highest BCUT2D eigenvalue weighted by molar-refractivity contribution is 5.98. The van der Waals surface area contributed by atoms with E-state index in [-0.39, 0.29) is 6.79 Å². The molecule has 0 unspecified atom stereocenters. The average molecular weight is 352 g/mol. The molecule has 4 rings (SSSR count). The summed E-state index contributed by atoms with van der Waals surface area (Å²) in [7, 11) is 4.07. The summed E-state index contributed by atoms with van der Waals surface area (Å²) < 4.78 is 16.5. The van der Waals surface area contributed by atoms with Crippen LogP contribution < -0.4 is 14.2 Å². The highest BCUT2D eigenvalue weighted by atomic mass is 16.7. The van der Waals surface area contributed by atoms with Crippen molar-refractivity contribution in [2.24, 2.45) is 0 Å². The van der Waals surface area contributed by atoms with E-state index >= 15 is 0 Å². The smallest absolute Gasteiger partial charge is 0.347 e. The summed E-state index contributed by atoms with van der Waals surface area (Å²) in [5.74, 6) is 1.08. The summed E-state index contributed by atoms with van der Waals surface area (Å²) >= 11 is 0. The molecule has 6 nitrogen and oxygen atoms in total. The van der Waals surface area contributed by atoms with Gasteiger partial charge in [-0.15, -0.1) is 0 Å². The molecular formula is C20H20N2O4. The Labute approximate surface area is 151 Å². The Balaban J connectivity index is 1.66. The summed E-state index contributed by atoms with van der Waals surface area (Å²) in [6, 6.07) is 10.9. The Bertz CT molecular complexity index is 962. The van der Waals surface area contributed by atoms with Gasteiger partial charge < -0.3 is 24.1 Å². The lowest BCUT2D eigenvalue weighted by Gasteiger charge is -2.11. The molecule has 0 aliphatic carbocycles. The minimum atomic E-state index is -0.459. The Kier molecular flexibility index (Phi) is 4.26. The molecule has 0 saturated carbocycles. The van der Waals surface area contributed by atoms with Crippen molar-refractivity contribution in [3.05, 3.63) is 53.7 Å². The summed E-state index contributed by atoms with van der Waals surface area (Å²) in [4.78, 5) is 18.1. The fourth-order valence-corrected chi connectivity index (χ4v) is 3.09. The lowest BCUT2D eigenvalue weighted by Crippen LogP contribution is -2.15. The molecule has 1 N–H and O–H groups in total. The van der Waals surface area contributed by atoms with Crippen LogP contribution in [0.15, 0.2) is 42.6 Å². The zero-order chi connectivity index (χ0) is 18.1. The Morgan fingerprint density at radius 1 is 1.19 bits per heavy atom. The summed E-state index contributed by atoms with van der Waals surface area (Å²) in [6.45, 7) is 1.02. The number of aromatic amines is 1. The number of para-hydroxylation sites is 1. The zero-order valence-corrected chi connectivity index (χ0v) is 14.7. The third-order valence-electron chi connectivity index (χ3n) is 4.40. The van der Waals surface area contributed by atoms with Gasteiger partial charge in [0.2, 0.25) is 6.79 Å². The number of likely N-dealkylation sites (N-methyl/N-ethyl adjacent to an activating group) is 1. The van der Waals surface area contributed by atoms with E-state index in [1.54, 1.807) is 18.2 Å². The molecule has 134 valence electrons. The minimum Gasteiger partial charge on any atom is -0.454 e. The second-order valence-corrected chi connectivity index (χ2v) is 6.47. The number of hydrogen-bond donors (Lipinski definition) is 1. The highest BCUT2D eigenvalue weighted by Gasteiger charge is 2.24. The number of benzene rings is 2. The first-order chi connectivity index (χ1) is 12.6. The summed E-state index contributed by atoms with van der Waals surface area (Å²) in [6.07, 6.45) is 2.84. The highest BCUT2D eigenvalue weighted by Crippen LogP contribution is 2.36. The molecule has 2 aromatic carbocycles. The molecule has 2 heterocycles. The van der Waals surface area contributed by atoms with Crippen LogP contribution in [0.25, 0.3) is 10.9 Å². The molecule has 1 aromatic heterocycles. The Hall–Kier alpha value is -2.99. The predicted octanol–water partition coefficient (Wildman–Crippen LogP) is 3.22. The van der Waals surface area contributed by atoms with Crippen molar-refractivity contribution in [2.45, 2.75) is 6.42 Å². The minimum absolute atomic E-state index is 0.113. The fraction of sp³-hybridized carbons (Fsp3) is 0.250. The predicted molar refractivity (Wildman–Crippen MR) is 98.1 cm³/mol. The molecule has 0 radical (unpaired) electrons. The quantitative estimate of drug-likeness (QED) is 0.564. The molecular weight excluding hydrogens is 332 g/mol. The van der Waals surface area contributed by atoms with Crippen LogP contribution >= 0.6 is 0 Å². The first-order valence-electron chi connectivity index (χ1n) is 8.48. The molecule has 0 saturated heterocycles. The van der Waals surface area contributed by atoms with Crippen LogP contribution in [0.1, 0.15) is 15.9 Å². The van der Waals surface area contributed by atoms with Crippen LogP contribution in [0.4, 0.5) is 0 Å². The number of nitrogens with zero attached hydrogens (tertiary/aromatic N) is 1. The SMILES string of the molecule is CN(C)CCc1c[nH]c2cccc(OC(=O)c3cccc4c3OCO4)c12. The van der Waals surface area contributed by atoms with E-state index in [9.17, 15) is 4.79 Å². The van der Waals surface area contributed by atoms with Gasteiger partial charge in [-0.25, -0.2) is 4.79 Å². The number of aromatic nitrogens is 1. The van der Waals surface area contributed by atoms with Crippen molar-refractivity contribution in [3.8, 4) is 17.2 Å². The van der Waals surface area contributed by atoms with Crippen LogP contribution in [0.5, 0.6) is 17.2 Å². The fourth-order valence-electron chi connectivity index (χ4n) is 3.09. The van der Waals surface area contributed by atoms with Crippen LogP contribution in [-0.2, 0) is 6.42 Å². The van der Waals surface area contributed by atoms with Crippen molar-refractivity contribution in [1.82, 2.24) is 9.88 Å². The molecule has 1 aliphatic rings. The topological polar surface area (TPSA) is 63.8 Å². The first kappa shape index (κ1) is 16.5. The van der Waals surface area contributed by atoms with E-state index in [2.05, 4.69) is 9.88 Å². The number of esters is 1. The van der Waals surface area contributed by atoms with Crippen molar-refractivity contribution >= 4 is 16.9 Å². The van der Waals surface area contributed by atoms with Crippen molar-refractivity contribution in [1.29, 1.82) is 0 Å². The summed E-state index contributed by atoms with van der Waals surface area (Å²) in [5, 5.41) is 0.937. The number of nitrogens with one attached hydrogen (secondary N) is 1. The van der Waals surface area contributed by atoms with Crippen LogP contribution in [0.3, 0.4) is 0 Å². The van der Waals surface area contributed by atoms with Gasteiger partial charge in [0, 0.05) is 23.6 Å². The van der Waals surface area contributed by atoms with Crippen molar-refractivity contribution < 1.29 is 19.0 Å². The van der Waals surface area contributed by atoms with Crippen molar-refractivity contribution in [3.63, 3.8) is 0 Å². The molecule has 0 bridgehead atoms. The molecule has 1 aliphatic heterocycles. The van der Waals surface area contributed by atoms with E-state index in [0.717, 1.165) is 29.4 Å². The lowest BCUT2D eigenvalue weighted by molar-refractivity contribution is 0.0732. The monoisotopic (exact) mass is 352 g/mol. The second kappa shape index (κ2) is 6.72. The number of H-pyrrole nitrogens is 1. The number of fused-ring (bicyclic) bond motifs is 2. The number of carbonyl (C=O) groups excluding carboxylic acids is 1. The van der Waals surface area contributed by atoms with Gasteiger partial charge in [0.05, 0.1) is 0 Å². The van der Waals surface area contributed by atoms with E-state index in [1.807, 2.05) is 38.5 Å².